The van der Waals surface area contributed by atoms with Crippen LogP contribution in [-0.2, 0) is 0 Å². The Hall–Kier alpha value is -0.800. The van der Waals surface area contributed by atoms with Crippen LogP contribution in [0.25, 0.3) is 0 Å². The molecule has 2 nitrogen and oxygen atoms in total. The summed E-state index contributed by atoms with van der Waals surface area (Å²) in [5.74, 6) is 0.384. The van der Waals surface area contributed by atoms with E-state index in [1.807, 2.05) is 0 Å². The fourth-order valence-electron chi connectivity index (χ4n) is 2.47. The highest BCUT2D eigenvalue weighted by atomic mass is 35.5. The molecule has 0 aromatic heterocycles. The van der Waals surface area contributed by atoms with Gasteiger partial charge in [0.05, 0.1) is 16.2 Å². The minimum Gasteiger partial charge on any atom is -0.377 e. The van der Waals surface area contributed by atoms with E-state index in [-0.39, 0.29) is 11.4 Å². The summed E-state index contributed by atoms with van der Waals surface area (Å²) in [4.78, 5) is 0. The molecule has 0 heterocycles. The monoisotopic (exact) mass is 242 g/mol. The van der Waals surface area contributed by atoms with Crippen molar-refractivity contribution in [1.82, 2.24) is 0 Å². The zero-order chi connectivity index (χ0) is 11.8. The summed E-state index contributed by atoms with van der Waals surface area (Å²) in [5, 5.41) is 3.82. The van der Waals surface area contributed by atoms with Gasteiger partial charge in [0.1, 0.15) is 5.82 Å². The Morgan fingerprint density at radius 3 is 2.81 bits per heavy atom. The summed E-state index contributed by atoms with van der Waals surface area (Å²) in [6, 6.07) is 4.33. The van der Waals surface area contributed by atoms with Crippen LogP contribution >= 0.6 is 11.6 Å². The maximum absolute atomic E-state index is 13.1. The Bertz CT molecular complexity index is 389. The highest BCUT2D eigenvalue weighted by Crippen LogP contribution is 2.40. The van der Waals surface area contributed by atoms with Crippen molar-refractivity contribution in [3.63, 3.8) is 0 Å². The number of hydrogen-bond donors (Lipinski definition) is 2. The SMILES string of the molecule is CC1CC(CN)(Nc2cc(F)ccc2Cl)C1. The van der Waals surface area contributed by atoms with Crippen molar-refractivity contribution in [2.75, 3.05) is 11.9 Å². The normalized spacial score (nSPS) is 28.6. The van der Waals surface area contributed by atoms with Gasteiger partial charge in [0, 0.05) is 6.54 Å². The van der Waals surface area contributed by atoms with E-state index >= 15 is 0 Å². The molecule has 1 aliphatic carbocycles. The highest BCUT2D eigenvalue weighted by molar-refractivity contribution is 6.33. The van der Waals surface area contributed by atoms with Crippen molar-refractivity contribution >= 4 is 17.3 Å². The first-order valence-corrected chi connectivity index (χ1v) is 5.86. The van der Waals surface area contributed by atoms with Gasteiger partial charge in [0.2, 0.25) is 0 Å². The minimum absolute atomic E-state index is 0.100. The first-order valence-electron chi connectivity index (χ1n) is 5.48. The first-order chi connectivity index (χ1) is 7.54. The van der Waals surface area contributed by atoms with Crippen LogP contribution in [0.5, 0.6) is 0 Å². The van der Waals surface area contributed by atoms with Gasteiger partial charge in [-0.3, -0.25) is 0 Å². The van der Waals surface area contributed by atoms with Crippen LogP contribution in [0, 0.1) is 11.7 Å². The van der Waals surface area contributed by atoms with E-state index in [9.17, 15) is 4.39 Å². The number of anilines is 1. The molecule has 0 unspecified atom stereocenters. The molecule has 1 aliphatic rings. The molecule has 1 fully saturated rings. The molecule has 0 spiro atoms. The van der Waals surface area contributed by atoms with Crippen LogP contribution in [-0.4, -0.2) is 12.1 Å². The van der Waals surface area contributed by atoms with Crippen LogP contribution in [0.1, 0.15) is 19.8 Å². The third-order valence-corrected chi connectivity index (χ3v) is 3.53. The lowest BCUT2D eigenvalue weighted by molar-refractivity contribution is 0.194. The average Bonchev–Trinajstić information content (AvgIpc) is 2.20. The van der Waals surface area contributed by atoms with E-state index in [0.717, 1.165) is 12.8 Å². The van der Waals surface area contributed by atoms with Crippen molar-refractivity contribution in [2.24, 2.45) is 11.7 Å². The van der Waals surface area contributed by atoms with Crippen LogP contribution in [0.2, 0.25) is 5.02 Å². The van der Waals surface area contributed by atoms with Gasteiger partial charge in [-0.25, -0.2) is 4.39 Å². The number of hydrogen-bond acceptors (Lipinski definition) is 2. The third-order valence-electron chi connectivity index (χ3n) is 3.20. The second-order valence-electron chi connectivity index (χ2n) is 4.75. The van der Waals surface area contributed by atoms with Gasteiger partial charge in [0.15, 0.2) is 0 Å². The Labute approximate surface area is 100.0 Å². The molecule has 88 valence electrons. The van der Waals surface area contributed by atoms with Crippen molar-refractivity contribution in [2.45, 2.75) is 25.3 Å². The van der Waals surface area contributed by atoms with E-state index in [1.54, 1.807) is 6.07 Å². The summed E-state index contributed by atoms with van der Waals surface area (Å²) in [6.07, 6.45) is 2.02. The average molecular weight is 243 g/mol. The standard InChI is InChI=1S/C12H16ClFN2/c1-8-5-12(6-8,7-15)16-11-4-9(14)2-3-10(11)13/h2-4,8,16H,5-7,15H2,1H3. The van der Waals surface area contributed by atoms with E-state index in [4.69, 9.17) is 17.3 Å². The fraction of sp³-hybridized carbons (Fsp3) is 0.500. The van der Waals surface area contributed by atoms with Crippen molar-refractivity contribution in [1.29, 1.82) is 0 Å². The molecule has 3 N–H and O–H groups in total. The largest absolute Gasteiger partial charge is 0.377 e. The minimum atomic E-state index is -0.286. The molecule has 0 radical (unpaired) electrons. The smallest absolute Gasteiger partial charge is 0.125 e. The number of rotatable bonds is 3. The summed E-state index contributed by atoms with van der Waals surface area (Å²) in [5.41, 5.74) is 6.31. The lowest BCUT2D eigenvalue weighted by atomic mass is 9.69. The Morgan fingerprint density at radius 1 is 1.56 bits per heavy atom. The number of nitrogens with one attached hydrogen (secondary N) is 1. The second-order valence-corrected chi connectivity index (χ2v) is 5.15. The van der Waals surface area contributed by atoms with Gasteiger partial charge in [-0.05, 0) is 37.0 Å². The summed E-state index contributed by atoms with van der Waals surface area (Å²) < 4.78 is 13.1. The highest BCUT2D eigenvalue weighted by Gasteiger charge is 2.41. The predicted molar refractivity (Wildman–Crippen MR) is 65.2 cm³/mol. The van der Waals surface area contributed by atoms with Crippen molar-refractivity contribution < 1.29 is 4.39 Å². The summed E-state index contributed by atoms with van der Waals surface area (Å²) in [6.45, 7) is 2.73. The molecule has 0 aliphatic heterocycles. The second kappa shape index (κ2) is 4.22. The van der Waals surface area contributed by atoms with Crippen LogP contribution in [0.15, 0.2) is 18.2 Å². The van der Waals surface area contributed by atoms with Gasteiger partial charge in [-0.2, -0.15) is 0 Å². The lowest BCUT2D eigenvalue weighted by Gasteiger charge is -2.47. The Kier molecular flexibility index (Phi) is 3.08. The first kappa shape index (κ1) is 11.7. The molecule has 2 rings (SSSR count). The maximum Gasteiger partial charge on any atom is 0.125 e. The predicted octanol–water partition coefficient (Wildman–Crippen LogP) is 3.02. The molecular formula is C12H16ClFN2. The molecule has 0 amide bonds. The number of benzene rings is 1. The van der Waals surface area contributed by atoms with Gasteiger partial charge in [0.25, 0.3) is 0 Å². The number of halogens is 2. The molecular weight excluding hydrogens is 227 g/mol. The molecule has 1 aromatic carbocycles. The maximum atomic E-state index is 13.1. The van der Waals surface area contributed by atoms with Crippen LogP contribution in [0.4, 0.5) is 10.1 Å². The molecule has 16 heavy (non-hydrogen) atoms. The van der Waals surface area contributed by atoms with E-state index in [1.165, 1.54) is 12.1 Å². The van der Waals surface area contributed by atoms with E-state index < -0.39 is 0 Å². The van der Waals surface area contributed by atoms with Crippen LogP contribution < -0.4 is 11.1 Å². The quantitative estimate of drug-likeness (QED) is 0.855. The molecule has 0 atom stereocenters. The van der Waals surface area contributed by atoms with E-state index in [0.29, 0.717) is 23.2 Å². The molecule has 0 bridgehead atoms. The summed E-state index contributed by atoms with van der Waals surface area (Å²) >= 11 is 6.01. The fourth-order valence-corrected chi connectivity index (χ4v) is 2.64. The molecule has 4 heteroatoms. The topological polar surface area (TPSA) is 38.0 Å². The lowest BCUT2D eigenvalue weighted by Crippen LogP contribution is -2.55. The summed E-state index contributed by atoms with van der Waals surface area (Å²) in [7, 11) is 0. The molecule has 0 saturated heterocycles. The van der Waals surface area contributed by atoms with Gasteiger partial charge in [-0.15, -0.1) is 0 Å². The third kappa shape index (κ3) is 2.15. The number of nitrogens with two attached hydrogens (primary N) is 1. The Balaban J connectivity index is 2.16. The van der Waals surface area contributed by atoms with E-state index in [2.05, 4.69) is 12.2 Å². The molecule has 1 saturated carbocycles. The molecule has 1 aromatic rings. The Morgan fingerprint density at radius 2 is 2.25 bits per heavy atom. The van der Waals surface area contributed by atoms with Crippen molar-refractivity contribution in [3.8, 4) is 0 Å². The zero-order valence-corrected chi connectivity index (χ0v) is 10.0. The van der Waals surface area contributed by atoms with Gasteiger partial charge in [-0.1, -0.05) is 18.5 Å². The van der Waals surface area contributed by atoms with Gasteiger partial charge >= 0.3 is 0 Å². The van der Waals surface area contributed by atoms with Gasteiger partial charge < -0.3 is 11.1 Å². The van der Waals surface area contributed by atoms with Crippen LogP contribution in [0.3, 0.4) is 0 Å². The van der Waals surface area contributed by atoms with Crippen molar-refractivity contribution in [3.05, 3.63) is 29.0 Å². The zero-order valence-electron chi connectivity index (χ0n) is 9.26.